The molecule has 0 bridgehead atoms. The maximum atomic E-state index is 4.34. The fourth-order valence-corrected chi connectivity index (χ4v) is 0. The Hall–Kier alpha value is 1.19. The molecule has 4 heavy (non-hydrogen) atoms. The van der Waals surface area contributed by atoms with Gasteiger partial charge in [-0.3, -0.25) is 0 Å². The molecule has 0 saturated carbocycles. The molecule has 0 atom stereocenters. The van der Waals surface area contributed by atoms with Gasteiger partial charge in [0.05, 0.1) is 8.41 Å². The van der Waals surface area contributed by atoms with E-state index in [9.17, 15) is 0 Å². The standard InChI is InChI=1S/BH3.Mo.2S/h1H3;;;. The molecule has 0 aromatic carbocycles. The fraction of sp³-hybridized carbons (Fsp3) is 0. The van der Waals surface area contributed by atoms with Gasteiger partial charge < -0.3 is 0 Å². The van der Waals surface area contributed by atoms with Crippen molar-refractivity contribution >= 4 is 28.1 Å². The van der Waals surface area contributed by atoms with Crippen LogP contribution in [0.2, 0.25) is 0 Å². The molecule has 0 aliphatic heterocycles. The van der Waals surface area contributed by atoms with Crippen LogP contribution in [0, 0.1) is 0 Å². The molecule has 0 radical (unpaired) electrons. The second kappa shape index (κ2) is 8.89. The van der Waals surface area contributed by atoms with Crippen LogP contribution in [-0.2, 0) is 14.9 Å². The van der Waals surface area contributed by atoms with Gasteiger partial charge in [-0.25, -0.2) is 0 Å². The molecule has 0 aliphatic carbocycles. The van der Waals surface area contributed by atoms with E-state index in [-0.39, 0.29) is 23.3 Å². The maximum absolute atomic E-state index is 4.34. The molecule has 0 aromatic heterocycles. The van der Waals surface area contributed by atoms with Crippen molar-refractivity contribution < 1.29 is 14.9 Å². The SMILES string of the molecule is B.[S]=[Mo]=[S]. The Labute approximate surface area is 43.0 Å². The monoisotopic (exact) mass is 176 g/mol. The zero-order valence-corrected chi connectivity index (χ0v) is 4.86. The summed E-state index contributed by atoms with van der Waals surface area (Å²) in [6, 6.07) is 0. The first kappa shape index (κ1) is 8.96. The van der Waals surface area contributed by atoms with E-state index in [1.807, 2.05) is 0 Å². The molecule has 4 heteroatoms. The molecule has 0 spiro atoms. The number of rotatable bonds is 0. The van der Waals surface area contributed by atoms with Gasteiger partial charge in [-0.2, -0.15) is 0 Å². The van der Waals surface area contributed by atoms with Crippen LogP contribution in [0.15, 0.2) is 0 Å². The Morgan fingerprint density at radius 1 is 1.25 bits per heavy atom. The van der Waals surface area contributed by atoms with Crippen molar-refractivity contribution in [1.82, 2.24) is 0 Å². The molecule has 0 rings (SSSR count). The summed E-state index contributed by atoms with van der Waals surface area (Å²) in [7, 11) is 8.68. The van der Waals surface area contributed by atoms with Crippen LogP contribution in [-0.4, -0.2) is 8.41 Å². The third kappa shape index (κ3) is 10.8. The van der Waals surface area contributed by atoms with Crippen molar-refractivity contribution in [1.29, 1.82) is 0 Å². The summed E-state index contributed by atoms with van der Waals surface area (Å²) in [5, 5.41) is 0. The van der Waals surface area contributed by atoms with E-state index < -0.39 is 0 Å². The normalized spacial score (nSPS) is 3.00. The Morgan fingerprint density at radius 2 is 1.25 bits per heavy atom. The minimum atomic E-state index is -0.363. The van der Waals surface area contributed by atoms with Crippen LogP contribution in [0.25, 0.3) is 0 Å². The predicted octanol–water partition coefficient (Wildman–Crippen LogP) is 0.110. The van der Waals surface area contributed by atoms with Crippen molar-refractivity contribution in [2.45, 2.75) is 0 Å². The predicted molar refractivity (Wildman–Crippen MR) is 25.1 cm³/mol. The van der Waals surface area contributed by atoms with Gasteiger partial charge in [0, 0.05) is 0 Å². The van der Waals surface area contributed by atoms with Crippen LogP contribution in [0.5, 0.6) is 0 Å². The molecule has 0 amide bonds. The van der Waals surface area contributed by atoms with E-state index >= 15 is 0 Å². The fourth-order valence-electron chi connectivity index (χ4n) is 0. The summed E-state index contributed by atoms with van der Waals surface area (Å²) >= 11 is -0.363. The van der Waals surface area contributed by atoms with Gasteiger partial charge in [0.2, 0.25) is 0 Å². The molecule has 0 aromatic rings. The van der Waals surface area contributed by atoms with Crippen molar-refractivity contribution in [3.05, 3.63) is 0 Å². The molecular formula is H3BMoS2. The summed E-state index contributed by atoms with van der Waals surface area (Å²) in [5.41, 5.74) is 0. The molecule has 0 saturated heterocycles. The molecule has 0 N–H and O–H groups in total. The zero-order valence-electron chi connectivity index (χ0n) is 1.22. The Bertz CT molecular complexity index is 27.0. The third-order valence-electron chi connectivity index (χ3n) is 0. The van der Waals surface area contributed by atoms with Gasteiger partial charge in [0.25, 0.3) is 0 Å². The van der Waals surface area contributed by atoms with Gasteiger partial charge in [-0.1, -0.05) is 0 Å². The summed E-state index contributed by atoms with van der Waals surface area (Å²) < 4.78 is 0. The van der Waals surface area contributed by atoms with E-state index in [0.29, 0.717) is 0 Å². The zero-order chi connectivity index (χ0) is 2.71. The summed E-state index contributed by atoms with van der Waals surface area (Å²) in [5.74, 6) is 0. The topological polar surface area (TPSA) is 0 Å². The first-order chi connectivity index (χ1) is 1.41. The van der Waals surface area contributed by atoms with Crippen molar-refractivity contribution in [2.24, 2.45) is 0 Å². The van der Waals surface area contributed by atoms with Crippen molar-refractivity contribution in [3.8, 4) is 0 Å². The Kier molecular flexibility index (Phi) is 19.9. The summed E-state index contributed by atoms with van der Waals surface area (Å²) in [6.45, 7) is 0. The average Bonchev–Trinajstić information content (AvgIpc) is 0.918. The van der Waals surface area contributed by atoms with E-state index in [4.69, 9.17) is 0 Å². The first-order valence-electron chi connectivity index (χ1n) is 0.333. The number of hydrogen-bond donors (Lipinski definition) is 0. The molecule has 0 unspecified atom stereocenters. The molecule has 0 heterocycles. The van der Waals surface area contributed by atoms with Gasteiger partial charge in [0.1, 0.15) is 0 Å². The van der Waals surface area contributed by atoms with Crippen LogP contribution in [0.1, 0.15) is 0 Å². The van der Waals surface area contributed by atoms with Crippen LogP contribution >= 0.6 is 19.6 Å². The van der Waals surface area contributed by atoms with Crippen molar-refractivity contribution in [3.63, 3.8) is 0 Å². The number of hydrogen-bond acceptors (Lipinski definition) is 2. The Morgan fingerprint density at radius 3 is 1.25 bits per heavy atom. The molecular weight excluding hydrogens is 171 g/mol. The average molecular weight is 174 g/mol. The molecule has 0 fully saturated rings. The van der Waals surface area contributed by atoms with E-state index in [0.717, 1.165) is 0 Å². The summed E-state index contributed by atoms with van der Waals surface area (Å²) in [6.07, 6.45) is 0. The Balaban J connectivity index is 0. The van der Waals surface area contributed by atoms with Crippen LogP contribution < -0.4 is 0 Å². The second-order valence-corrected chi connectivity index (χ2v) is 3.62. The molecule has 0 nitrogen and oxygen atoms in total. The van der Waals surface area contributed by atoms with E-state index in [1.54, 1.807) is 0 Å². The van der Waals surface area contributed by atoms with Crippen LogP contribution in [0.3, 0.4) is 0 Å². The molecule has 0 aliphatic rings. The second-order valence-electron chi connectivity index (χ2n) is 0.0680. The third-order valence-corrected chi connectivity index (χ3v) is 0. The minimum absolute atomic E-state index is 0. The van der Waals surface area contributed by atoms with Crippen molar-refractivity contribution in [2.75, 3.05) is 0 Å². The quantitative estimate of drug-likeness (QED) is 0.478. The van der Waals surface area contributed by atoms with E-state index in [2.05, 4.69) is 19.6 Å². The van der Waals surface area contributed by atoms with E-state index in [1.165, 1.54) is 0 Å². The molecule has 24 valence electrons. The first-order valence-corrected chi connectivity index (χ1v) is 5.92. The van der Waals surface area contributed by atoms with Gasteiger partial charge >= 0.3 is 34.6 Å². The van der Waals surface area contributed by atoms with Crippen LogP contribution in [0.4, 0.5) is 0 Å². The van der Waals surface area contributed by atoms with Gasteiger partial charge in [-0.05, 0) is 0 Å². The van der Waals surface area contributed by atoms with Gasteiger partial charge in [0.15, 0.2) is 0 Å². The summed E-state index contributed by atoms with van der Waals surface area (Å²) in [4.78, 5) is 0. The van der Waals surface area contributed by atoms with Gasteiger partial charge in [-0.15, -0.1) is 0 Å².